The molecule has 0 bridgehead atoms. The van der Waals surface area contributed by atoms with Crippen molar-refractivity contribution in [3.05, 3.63) is 18.2 Å². The van der Waals surface area contributed by atoms with Gasteiger partial charge in [-0.3, -0.25) is 15.0 Å². The van der Waals surface area contributed by atoms with E-state index < -0.39 is 6.17 Å². The van der Waals surface area contributed by atoms with Gasteiger partial charge in [0.2, 0.25) is 5.91 Å². The summed E-state index contributed by atoms with van der Waals surface area (Å²) in [5.74, 6) is 1.94. The quantitative estimate of drug-likeness (QED) is 0.718. The van der Waals surface area contributed by atoms with Gasteiger partial charge >= 0.3 is 0 Å². The van der Waals surface area contributed by atoms with Gasteiger partial charge in [-0.25, -0.2) is 0 Å². The second-order valence-corrected chi connectivity index (χ2v) is 8.56. The van der Waals surface area contributed by atoms with Gasteiger partial charge in [-0.2, -0.15) is 5.10 Å². The highest BCUT2D eigenvalue weighted by Gasteiger charge is 2.51. The van der Waals surface area contributed by atoms with E-state index in [1.807, 2.05) is 0 Å². The Hall–Kier alpha value is -2.97. The second kappa shape index (κ2) is 8.64. The first-order valence-electron chi connectivity index (χ1n) is 10.9. The molecule has 0 spiro atoms. The number of carbonyl (C=O) groups is 2. The Morgan fingerprint density at radius 3 is 2.65 bits per heavy atom. The number of hydrogen-bond donors (Lipinski definition) is 2. The van der Waals surface area contributed by atoms with Crippen LogP contribution in [0.5, 0.6) is 11.5 Å². The maximum atomic E-state index is 13.4. The lowest BCUT2D eigenvalue weighted by atomic mass is 9.85. The number of hydrogen-bond acceptors (Lipinski definition) is 7. The molecule has 1 aromatic carbocycles. The van der Waals surface area contributed by atoms with Crippen molar-refractivity contribution in [1.82, 2.24) is 15.2 Å². The van der Waals surface area contributed by atoms with Crippen molar-refractivity contribution in [2.24, 2.45) is 11.0 Å². The molecule has 31 heavy (non-hydrogen) atoms. The molecule has 2 aliphatic heterocycles. The van der Waals surface area contributed by atoms with Crippen LogP contribution in [0.15, 0.2) is 23.3 Å². The third kappa shape index (κ3) is 3.88. The van der Waals surface area contributed by atoms with Crippen LogP contribution in [0.4, 0.5) is 5.69 Å². The predicted octanol–water partition coefficient (Wildman–Crippen LogP) is 2.00. The normalized spacial score (nSPS) is 24.9. The van der Waals surface area contributed by atoms with E-state index in [2.05, 4.69) is 34.6 Å². The fourth-order valence-corrected chi connectivity index (χ4v) is 4.89. The molecule has 3 aliphatic rings. The van der Waals surface area contributed by atoms with Crippen LogP contribution >= 0.6 is 0 Å². The summed E-state index contributed by atoms with van der Waals surface area (Å²) in [5, 5.41) is 7.34. The van der Waals surface area contributed by atoms with E-state index >= 15 is 0 Å². The fraction of sp³-hybridized carbons (Fsp3) is 0.591. The number of hydrazone groups is 1. The van der Waals surface area contributed by atoms with Gasteiger partial charge in [-0.1, -0.05) is 26.7 Å². The number of amides is 2. The minimum Gasteiger partial charge on any atom is -0.497 e. The number of methoxy groups -OCH3 is 2. The molecule has 1 aliphatic carbocycles. The Labute approximate surface area is 182 Å². The number of nitrogens with zero attached hydrogens (tertiary/aromatic N) is 3. The van der Waals surface area contributed by atoms with E-state index in [1.165, 1.54) is 0 Å². The lowest BCUT2D eigenvalue weighted by molar-refractivity contribution is -0.151. The first kappa shape index (κ1) is 21.3. The van der Waals surface area contributed by atoms with Crippen LogP contribution in [0.3, 0.4) is 0 Å². The Morgan fingerprint density at radius 1 is 1.23 bits per heavy atom. The average molecular weight is 430 g/mol. The van der Waals surface area contributed by atoms with E-state index in [4.69, 9.17) is 9.47 Å². The minimum atomic E-state index is -0.532. The Balaban J connectivity index is 1.53. The monoisotopic (exact) mass is 429 g/mol. The van der Waals surface area contributed by atoms with E-state index in [1.54, 1.807) is 37.3 Å². The molecule has 2 fully saturated rings. The smallest absolute Gasteiger partial charge is 0.268 e. The standard InChI is InChI=1S/C22H31N5O4/c1-13(2)20-24-25-21-22(29)26(16-7-5-6-8-17(16)27(20)21)12-19(28)23-15-11-14(30-3)9-10-18(15)31-4/h9-11,13,16-17,21,25H,5-8,12H2,1-4H3,(H,23,28). The maximum absolute atomic E-state index is 13.4. The van der Waals surface area contributed by atoms with Crippen molar-refractivity contribution in [2.45, 2.75) is 57.8 Å². The zero-order valence-electron chi connectivity index (χ0n) is 18.6. The van der Waals surface area contributed by atoms with Crippen molar-refractivity contribution in [2.75, 3.05) is 26.1 Å². The Bertz CT molecular complexity index is 887. The molecule has 168 valence electrons. The fourth-order valence-electron chi connectivity index (χ4n) is 4.89. The van der Waals surface area contributed by atoms with Crippen LogP contribution < -0.4 is 20.2 Å². The number of ether oxygens (including phenoxy) is 2. The topological polar surface area (TPSA) is 95.5 Å². The summed E-state index contributed by atoms with van der Waals surface area (Å²) in [6.07, 6.45) is 3.52. The Morgan fingerprint density at radius 2 is 1.97 bits per heavy atom. The molecule has 9 nitrogen and oxygen atoms in total. The second-order valence-electron chi connectivity index (χ2n) is 8.56. The van der Waals surface area contributed by atoms with Crippen LogP contribution in [-0.2, 0) is 9.59 Å². The summed E-state index contributed by atoms with van der Waals surface area (Å²) in [7, 11) is 3.11. The van der Waals surface area contributed by atoms with Crippen LogP contribution in [-0.4, -0.2) is 66.5 Å². The van der Waals surface area contributed by atoms with Crippen LogP contribution in [0.2, 0.25) is 0 Å². The van der Waals surface area contributed by atoms with Crippen LogP contribution in [0.25, 0.3) is 0 Å². The molecule has 2 heterocycles. The molecule has 9 heteroatoms. The molecule has 1 aromatic rings. The number of benzene rings is 1. The molecule has 2 amide bonds. The van der Waals surface area contributed by atoms with Gasteiger partial charge in [0.05, 0.1) is 32.0 Å². The number of carbonyl (C=O) groups excluding carboxylic acids is 2. The largest absolute Gasteiger partial charge is 0.497 e. The molecule has 0 aromatic heterocycles. The van der Waals surface area contributed by atoms with Gasteiger partial charge in [0.1, 0.15) is 23.9 Å². The lowest BCUT2D eigenvalue weighted by Gasteiger charge is -2.51. The highest BCUT2D eigenvalue weighted by Crippen LogP contribution is 2.36. The number of anilines is 1. The van der Waals surface area contributed by atoms with E-state index in [9.17, 15) is 9.59 Å². The van der Waals surface area contributed by atoms with Gasteiger partial charge in [-0.15, -0.1) is 0 Å². The van der Waals surface area contributed by atoms with Crippen LogP contribution in [0.1, 0.15) is 39.5 Å². The number of rotatable bonds is 6. The van der Waals surface area contributed by atoms with Crippen molar-refractivity contribution in [1.29, 1.82) is 0 Å². The molecule has 4 rings (SSSR count). The molecular formula is C22H31N5O4. The molecule has 2 N–H and O–H groups in total. The number of fused-ring (bicyclic) bond motifs is 3. The number of amidine groups is 1. The summed E-state index contributed by atoms with van der Waals surface area (Å²) in [6.45, 7) is 4.17. The molecule has 3 atom stereocenters. The summed E-state index contributed by atoms with van der Waals surface area (Å²) < 4.78 is 10.6. The highest BCUT2D eigenvalue weighted by molar-refractivity contribution is 5.99. The van der Waals surface area contributed by atoms with Crippen molar-refractivity contribution < 1.29 is 19.1 Å². The van der Waals surface area contributed by atoms with Gasteiger partial charge in [0.25, 0.3) is 5.91 Å². The summed E-state index contributed by atoms with van der Waals surface area (Å²) in [5.41, 5.74) is 3.53. The average Bonchev–Trinajstić information content (AvgIpc) is 3.22. The van der Waals surface area contributed by atoms with E-state index in [-0.39, 0.29) is 36.4 Å². The SMILES string of the molecule is COc1ccc(OC)c(NC(=O)CN2C(=O)C3NN=C(C(C)C)N3C3CCCCC32)c1. The third-order valence-corrected chi connectivity index (χ3v) is 6.32. The first-order valence-corrected chi connectivity index (χ1v) is 10.9. The molecule has 1 saturated carbocycles. The van der Waals surface area contributed by atoms with Crippen LogP contribution in [0, 0.1) is 5.92 Å². The summed E-state index contributed by atoms with van der Waals surface area (Å²) in [4.78, 5) is 30.2. The molecule has 1 saturated heterocycles. The van der Waals surface area contributed by atoms with Gasteiger partial charge in [-0.05, 0) is 25.0 Å². The highest BCUT2D eigenvalue weighted by atomic mass is 16.5. The summed E-state index contributed by atoms with van der Waals surface area (Å²) >= 11 is 0. The summed E-state index contributed by atoms with van der Waals surface area (Å²) in [6, 6.07) is 5.39. The zero-order chi connectivity index (χ0) is 22.1. The van der Waals surface area contributed by atoms with Gasteiger partial charge < -0.3 is 24.6 Å². The van der Waals surface area contributed by atoms with Crippen molar-refractivity contribution in [3.8, 4) is 11.5 Å². The number of piperazine rings is 1. The van der Waals surface area contributed by atoms with Crippen molar-refractivity contribution in [3.63, 3.8) is 0 Å². The maximum Gasteiger partial charge on any atom is 0.268 e. The predicted molar refractivity (Wildman–Crippen MR) is 117 cm³/mol. The number of nitrogens with one attached hydrogen (secondary N) is 2. The van der Waals surface area contributed by atoms with Crippen molar-refractivity contribution >= 4 is 23.3 Å². The third-order valence-electron chi connectivity index (χ3n) is 6.32. The molecule has 3 unspecified atom stereocenters. The molecule has 0 radical (unpaired) electrons. The van der Waals surface area contributed by atoms with E-state index in [0.29, 0.717) is 17.2 Å². The van der Waals surface area contributed by atoms with E-state index in [0.717, 1.165) is 31.5 Å². The first-order chi connectivity index (χ1) is 14.9. The van der Waals surface area contributed by atoms with Gasteiger partial charge in [0.15, 0.2) is 6.17 Å². The lowest BCUT2D eigenvalue weighted by Crippen LogP contribution is -2.70. The van der Waals surface area contributed by atoms with Gasteiger partial charge in [0, 0.05) is 12.0 Å². The Kier molecular flexibility index (Phi) is 5.93. The minimum absolute atomic E-state index is 0.000644. The zero-order valence-corrected chi connectivity index (χ0v) is 18.6. The molecular weight excluding hydrogens is 398 g/mol.